The molecule has 0 aliphatic heterocycles. The van der Waals surface area contributed by atoms with Gasteiger partial charge in [0, 0.05) is 6.42 Å². The van der Waals surface area contributed by atoms with E-state index >= 15 is 0 Å². The van der Waals surface area contributed by atoms with Gasteiger partial charge in [-0.25, -0.2) is 4.39 Å². The molecule has 15 heavy (non-hydrogen) atoms. The predicted molar refractivity (Wildman–Crippen MR) is 57.2 cm³/mol. The molecule has 0 fully saturated rings. The average Bonchev–Trinajstić information content (AvgIpc) is 2.18. The van der Waals surface area contributed by atoms with E-state index in [2.05, 4.69) is 0 Å². The number of benzene rings is 1. The first-order chi connectivity index (χ1) is 7.09. The van der Waals surface area contributed by atoms with Crippen LogP contribution in [0, 0.1) is 5.82 Å². The van der Waals surface area contributed by atoms with Gasteiger partial charge in [-0.2, -0.15) is 0 Å². The topological polar surface area (TPSA) is 29.5 Å². The molecule has 0 aromatic heterocycles. The maximum absolute atomic E-state index is 13.2. The minimum absolute atomic E-state index is 0.0836. The highest BCUT2D eigenvalue weighted by Crippen LogP contribution is 2.09. The fourth-order valence-electron chi connectivity index (χ4n) is 1.28. The lowest BCUT2D eigenvalue weighted by molar-refractivity contribution is 0.00593. The fraction of sp³-hybridized carbons (Fsp3) is 0.500. The minimum Gasteiger partial charge on any atom is -0.390 e. The molecule has 1 aromatic carbocycles. The van der Waals surface area contributed by atoms with E-state index in [9.17, 15) is 9.50 Å². The molecule has 1 atom stereocenters. The Bertz CT molecular complexity index is 299. The second-order valence-electron chi connectivity index (χ2n) is 3.83. The van der Waals surface area contributed by atoms with Crippen LogP contribution in [-0.4, -0.2) is 23.9 Å². The van der Waals surface area contributed by atoms with Crippen molar-refractivity contribution in [1.82, 2.24) is 0 Å². The first-order valence-electron chi connectivity index (χ1n) is 5.12. The van der Waals surface area contributed by atoms with Crippen LogP contribution < -0.4 is 0 Å². The second kappa shape index (κ2) is 5.83. The number of halogens is 1. The molecule has 84 valence electrons. The van der Waals surface area contributed by atoms with Gasteiger partial charge < -0.3 is 9.84 Å². The highest BCUT2D eigenvalue weighted by molar-refractivity contribution is 5.17. The van der Waals surface area contributed by atoms with E-state index in [1.165, 1.54) is 6.07 Å². The Morgan fingerprint density at radius 2 is 2.00 bits per heavy atom. The molecule has 1 aromatic rings. The van der Waals surface area contributed by atoms with E-state index in [-0.39, 0.29) is 18.5 Å². The summed E-state index contributed by atoms with van der Waals surface area (Å²) in [6.45, 7) is 4.04. The van der Waals surface area contributed by atoms with Crippen LogP contribution in [0.2, 0.25) is 0 Å². The van der Waals surface area contributed by atoms with Crippen molar-refractivity contribution in [3.05, 3.63) is 35.6 Å². The summed E-state index contributed by atoms with van der Waals surface area (Å²) in [7, 11) is 0. The molecule has 3 heteroatoms. The van der Waals surface area contributed by atoms with Crippen molar-refractivity contribution in [2.75, 3.05) is 6.61 Å². The number of ether oxygens (including phenoxy) is 1. The van der Waals surface area contributed by atoms with Crippen LogP contribution in [0.3, 0.4) is 0 Å². The van der Waals surface area contributed by atoms with E-state index in [1.54, 1.807) is 18.2 Å². The second-order valence-corrected chi connectivity index (χ2v) is 3.83. The van der Waals surface area contributed by atoms with Gasteiger partial charge in [0.05, 0.1) is 18.8 Å². The molecule has 0 aliphatic rings. The van der Waals surface area contributed by atoms with Crippen molar-refractivity contribution in [3.63, 3.8) is 0 Å². The summed E-state index contributed by atoms with van der Waals surface area (Å²) in [4.78, 5) is 0. The minimum atomic E-state index is -0.649. The van der Waals surface area contributed by atoms with Crippen LogP contribution in [0.15, 0.2) is 24.3 Å². The lowest BCUT2D eigenvalue weighted by Gasteiger charge is -2.13. The highest BCUT2D eigenvalue weighted by Gasteiger charge is 2.09. The fourth-order valence-corrected chi connectivity index (χ4v) is 1.28. The van der Waals surface area contributed by atoms with Crippen LogP contribution in [0.5, 0.6) is 0 Å². The molecule has 0 amide bonds. The van der Waals surface area contributed by atoms with Gasteiger partial charge in [-0.3, -0.25) is 0 Å². The molecular weight excluding hydrogens is 195 g/mol. The maximum Gasteiger partial charge on any atom is 0.126 e. The van der Waals surface area contributed by atoms with Gasteiger partial charge in [0.25, 0.3) is 0 Å². The van der Waals surface area contributed by atoms with Crippen molar-refractivity contribution >= 4 is 0 Å². The lowest BCUT2D eigenvalue weighted by atomic mass is 10.1. The predicted octanol–water partition coefficient (Wildman–Crippen LogP) is 2.15. The Labute approximate surface area is 89.7 Å². The van der Waals surface area contributed by atoms with Crippen molar-refractivity contribution in [2.24, 2.45) is 0 Å². The van der Waals surface area contributed by atoms with Crippen molar-refractivity contribution in [2.45, 2.75) is 32.5 Å². The van der Waals surface area contributed by atoms with E-state index in [0.717, 1.165) is 0 Å². The Morgan fingerprint density at radius 3 is 2.60 bits per heavy atom. The van der Waals surface area contributed by atoms with Gasteiger partial charge in [0.15, 0.2) is 0 Å². The molecule has 0 spiro atoms. The summed E-state index contributed by atoms with van der Waals surface area (Å²) in [6.07, 6.45) is -0.274. The van der Waals surface area contributed by atoms with Crippen LogP contribution in [0.1, 0.15) is 19.4 Å². The molecule has 0 saturated carbocycles. The SMILES string of the molecule is CC(C)OCC(O)Cc1ccccc1F. The Kier molecular flexibility index (Phi) is 4.72. The largest absolute Gasteiger partial charge is 0.390 e. The Hall–Kier alpha value is -0.930. The third-order valence-electron chi connectivity index (χ3n) is 2.04. The number of rotatable bonds is 5. The summed E-state index contributed by atoms with van der Waals surface area (Å²) in [5, 5.41) is 9.58. The average molecular weight is 212 g/mol. The Balaban J connectivity index is 2.44. The van der Waals surface area contributed by atoms with Crippen LogP contribution in [0.25, 0.3) is 0 Å². The van der Waals surface area contributed by atoms with Crippen molar-refractivity contribution in [3.8, 4) is 0 Å². The highest BCUT2D eigenvalue weighted by atomic mass is 19.1. The first-order valence-corrected chi connectivity index (χ1v) is 5.12. The van der Waals surface area contributed by atoms with E-state index in [0.29, 0.717) is 12.0 Å². The third-order valence-corrected chi connectivity index (χ3v) is 2.04. The molecular formula is C12H17FO2. The van der Waals surface area contributed by atoms with Gasteiger partial charge in [-0.15, -0.1) is 0 Å². The van der Waals surface area contributed by atoms with Gasteiger partial charge in [-0.05, 0) is 25.5 Å². The molecule has 0 bridgehead atoms. The van der Waals surface area contributed by atoms with E-state index in [4.69, 9.17) is 4.74 Å². The van der Waals surface area contributed by atoms with E-state index < -0.39 is 6.10 Å². The van der Waals surface area contributed by atoms with Crippen LogP contribution in [-0.2, 0) is 11.2 Å². The van der Waals surface area contributed by atoms with Gasteiger partial charge >= 0.3 is 0 Å². The van der Waals surface area contributed by atoms with Crippen LogP contribution in [0.4, 0.5) is 4.39 Å². The number of aliphatic hydroxyl groups excluding tert-OH is 1. The third kappa shape index (κ3) is 4.40. The summed E-state index contributed by atoms with van der Waals surface area (Å²) in [5.74, 6) is -0.277. The standard InChI is InChI=1S/C12H17FO2/c1-9(2)15-8-11(14)7-10-5-3-4-6-12(10)13/h3-6,9,11,14H,7-8H2,1-2H3. The molecule has 1 rings (SSSR count). The molecule has 0 saturated heterocycles. The molecule has 0 heterocycles. The van der Waals surface area contributed by atoms with Crippen molar-refractivity contribution in [1.29, 1.82) is 0 Å². The van der Waals surface area contributed by atoms with Gasteiger partial charge in [0.2, 0.25) is 0 Å². The zero-order chi connectivity index (χ0) is 11.3. The quantitative estimate of drug-likeness (QED) is 0.810. The summed E-state index contributed by atoms with van der Waals surface area (Å²) in [6, 6.07) is 6.46. The lowest BCUT2D eigenvalue weighted by Crippen LogP contribution is -2.21. The molecule has 0 aliphatic carbocycles. The molecule has 1 unspecified atom stereocenters. The van der Waals surface area contributed by atoms with Crippen LogP contribution >= 0.6 is 0 Å². The number of hydrogen-bond donors (Lipinski definition) is 1. The monoisotopic (exact) mass is 212 g/mol. The number of hydrogen-bond acceptors (Lipinski definition) is 2. The maximum atomic E-state index is 13.2. The van der Waals surface area contributed by atoms with E-state index in [1.807, 2.05) is 13.8 Å². The summed E-state index contributed by atoms with van der Waals surface area (Å²) in [5.41, 5.74) is 0.525. The Morgan fingerprint density at radius 1 is 1.33 bits per heavy atom. The molecule has 2 nitrogen and oxygen atoms in total. The summed E-state index contributed by atoms with van der Waals surface area (Å²) < 4.78 is 18.4. The first kappa shape index (κ1) is 12.1. The zero-order valence-corrected chi connectivity index (χ0v) is 9.11. The zero-order valence-electron chi connectivity index (χ0n) is 9.11. The summed E-state index contributed by atoms with van der Waals surface area (Å²) >= 11 is 0. The smallest absolute Gasteiger partial charge is 0.126 e. The van der Waals surface area contributed by atoms with Gasteiger partial charge in [0.1, 0.15) is 5.82 Å². The van der Waals surface area contributed by atoms with Crippen molar-refractivity contribution < 1.29 is 14.2 Å². The number of aliphatic hydroxyl groups is 1. The molecule has 1 N–H and O–H groups in total. The van der Waals surface area contributed by atoms with Gasteiger partial charge in [-0.1, -0.05) is 18.2 Å². The molecule has 0 radical (unpaired) electrons. The normalized spacial score (nSPS) is 13.1.